The van der Waals surface area contributed by atoms with Crippen molar-refractivity contribution in [3.05, 3.63) is 29.8 Å². The standard InChI is InChI=1S/C16H19N5O3/c1-16(9-13(22)21(2)15(17)19-16)10-4-3-5-11(8-10)18-14(23)12-6-7-24-20-12/h3-5,8H,6-7,9H2,1-2H3,(H2,17,19)(H,18,23)/t16-/m0/s1. The summed E-state index contributed by atoms with van der Waals surface area (Å²) in [6.45, 7) is 2.27. The molecule has 3 N–H and O–H groups in total. The second-order valence-electron chi connectivity index (χ2n) is 6.03. The Kier molecular flexibility index (Phi) is 3.96. The fourth-order valence-corrected chi connectivity index (χ4v) is 2.68. The molecule has 0 radical (unpaired) electrons. The SMILES string of the molecule is CN1C(=O)C[C@@](C)(c2cccc(NC(=O)C3=NOCC3)c2)N=C1N. The third-order valence-electron chi connectivity index (χ3n) is 4.18. The van der Waals surface area contributed by atoms with Gasteiger partial charge in [0.1, 0.15) is 12.3 Å². The van der Waals surface area contributed by atoms with Gasteiger partial charge in [-0.1, -0.05) is 17.3 Å². The maximum atomic E-state index is 12.1. The predicted octanol–water partition coefficient (Wildman–Crippen LogP) is 0.793. The molecule has 126 valence electrons. The van der Waals surface area contributed by atoms with E-state index in [9.17, 15) is 9.59 Å². The van der Waals surface area contributed by atoms with Crippen LogP contribution in [0.1, 0.15) is 25.3 Å². The van der Waals surface area contributed by atoms with Gasteiger partial charge in [0.2, 0.25) is 5.91 Å². The van der Waals surface area contributed by atoms with Crippen LogP contribution < -0.4 is 11.1 Å². The summed E-state index contributed by atoms with van der Waals surface area (Å²) in [5.74, 6) is -0.213. The van der Waals surface area contributed by atoms with Crippen LogP contribution in [0.3, 0.4) is 0 Å². The molecule has 1 aromatic rings. The van der Waals surface area contributed by atoms with E-state index >= 15 is 0 Å². The molecule has 0 aliphatic carbocycles. The summed E-state index contributed by atoms with van der Waals surface area (Å²) >= 11 is 0. The third kappa shape index (κ3) is 2.94. The Morgan fingerprint density at radius 3 is 2.92 bits per heavy atom. The average Bonchev–Trinajstić information content (AvgIpc) is 3.07. The summed E-state index contributed by atoms with van der Waals surface area (Å²) in [5, 5.41) is 6.49. The predicted molar refractivity (Wildman–Crippen MR) is 89.4 cm³/mol. The molecule has 8 heteroatoms. The number of carbonyl (C=O) groups is 2. The molecule has 2 aliphatic rings. The van der Waals surface area contributed by atoms with E-state index < -0.39 is 5.54 Å². The Labute approximate surface area is 139 Å². The Morgan fingerprint density at radius 1 is 1.46 bits per heavy atom. The minimum atomic E-state index is -0.762. The molecule has 0 saturated heterocycles. The molecule has 0 unspecified atom stereocenters. The van der Waals surface area contributed by atoms with Crippen molar-refractivity contribution < 1.29 is 14.4 Å². The monoisotopic (exact) mass is 329 g/mol. The van der Waals surface area contributed by atoms with Crippen molar-refractivity contribution in [2.45, 2.75) is 25.3 Å². The van der Waals surface area contributed by atoms with Gasteiger partial charge in [0, 0.05) is 19.2 Å². The smallest absolute Gasteiger partial charge is 0.273 e. The second-order valence-corrected chi connectivity index (χ2v) is 6.03. The Hall–Kier alpha value is -2.90. The number of rotatable bonds is 3. The number of hydrogen-bond donors (Lipinski definition) is 2. The zero-order valence-electron chi connectivity index (χ0n) is 13.6. The zero-order valence-corrected chi connectivity index (χ0v) is 13.6. The van der Waals surface area contributed by atoms with Crippen LogP contribution in [0.15, 0.2) is 34.4 Å². The number of carbonyl (C=O) groups excluding carboxylic acids is 2. The van der Waals surface area contributed by atoms with Gasteiger partial charge in [0.15, 0.2) is 5.96 Å². The van der Waals surface area contributed by atoms with Crippen LogP contribution >= 0.6 is 0 Å². The van der Waals surface area contributed by atoms with E-state index in [1.54, 1.807) is 25.2 Å². The molecule has 0 fully saturated rings. The highest BCUT2D eigenvalue weighted by molar-refractivity contribution is 6.43. The van der Waals surface area contributed by atoms with Gasteiger partial charge in [-0.2, -0.15) is 0 Å². The van der Waals surface area contributed by atoms with E-state index in [1.807, 2.05) is 13.0 Å². The van der Waals surface area contributed by atoms with E-state index in [2.05, 4.69) is 15.5 Å². The summed E-state index contributed by atoms with van der Waals surface area (Å²) in [5.41, 5.74) is 6.85. The van der Waals surface area contributed by atoms with Crippen molar-refractivity contribution >= 4 is 29.2 Å². The highest BCUT2D eigenvalue weighted by atomic mass is 16.6. The lowest BCUT2D eigenvalue weighted by molar-refractivity contribution is -0.128. The zero-order chi connectivity index (χ0) is 17.3. The molecule has 0 saturated carbocycles. The molecule has 0 aromatic heterocycles. The first-order chi connectivity index (χ1) is 11.4. The molecule has 1 aromatic carbocycles. The number of anilines is 1. The Bertz CT molecular complexity index is 758. The number of benzene rings is 1. The van der Waals surface area contributed by atoms with Gasteiger partial charge in [-0.3, -0.25) is 14.5 Å². The number of guanidine groups is 1. The molecule has 2 heterocycles. The summed E-state index contributed by atoms with van der Waals surface area (Å²) in [4.78, 5) is 34.8. The number of nitrogens with one attached hydrogen (secondary N) is 1. The molecule has 0 spiro atoms. The molecule has 3 rings (SSSR count). The molecule has 24 heavy (non-hydrogen) atoms. The Morgan fingerprint density at radius 2 is 2.25 bits per heavy atom. The van der Waals surface area contributed by atoms with Gasteiger partial charge in [0.25, 0.3) is 5.91 Å². The normalized spacial score (nSPS) is 23.4. The highest BCUT2D eigenvalue weighted by Gasteiger charge is 2.36. The van der Waals surface area contributed by atoms with Crippen molar-refractivity contribution in [3.63, 3.8) is 0 Å². The van der Waals surface area contributed by atoms with Crippen LogP contribution in [-0.2, 0) is 20.0 Å². The largest absolute Gasteiger partial charge is 0.395 e. The number of nitrogens with zero attached hydrogens (tertiary/aromatic N) is 3. The first-order valence-electron chi connectivity index (χ1n) is 7.62. The third-order valence-corrected chi connectivity index (χ3v) is 4.18. The topological polar surface area (TPSA) is 109 Å². The molecule has 2 aliphatic heterocycles. The molecule has 0 bridgehead atoms. The van der Waals surface area contributed by atoms with E-state index in [1.165, 1.54) is 4.90 Å². The lowest BCUT2D eigenvalue weighted by atomic mass is 9.87. The fraction of sp³-hybridized carbons (Fsp3) is 0.375. The molecule has 8 nitrogen and oxygen atoms in total. The van der Waals surface area contributed by atoms with Gasteiger partial charge in [0.05, 0.1) is 12.0 Å². The maximum Gasteiger partial charge on any atom is 0.273 e. The minimum absolute atomic E-state index is 0.100. The van der Waals surface area contributed by atoms with Crippen LogP contribution in [0.2, 0.25) is 0 Å². The second kappa shape index (κ2) is 5.95. The van der Waals surface area contributed by atoms with Crippen LogP contribution in [-0.4, -0.2) is 42.0 Å². The molecule has 2 amide bonds. The van der Waals surface area contributed by atoms with Crippen molar-refractivity contribution in [1.82, 2.24) is 4.90 Å². The van der Waals surface area contributed by atoms with Gasteiger partial charge in [-0.05, 0) is 24.6 Å². The first kappa shape index (κ1) is 16.0. The summed E-state index contributed by atoms with van der Waals surface area (Å²) in [7, 11) is 1.60. The van der Waals surface area contributed by atoms with Gasteiger partial charge in [-0.25, -0.2) is 4.99 Å². The summed E-state index contributed by atoms with van der Waals surface area (Å²) < 4.78 is 0. The molecule has 1 atom stereocenters. The lowest BCUT2D eigenvalue weighted by Crippen LogP contribution is -2.47. The number of amides is 2. The van der Waals surface area contributed by atoms with Crippen molar-refractivity contribution in [1.29, 1.82) is 0 Å². The van der Waals surface area contributed by atoms with E-state index in [4.69, 9.17) is 10.6 Å². The van der Waals surface area contributed by atoms with E-state index in [0.717, 1.165) is 5.56 Å². The van der Waals surface area contributed by atoms with Gasteiger partial charge < -0.3 is 15.9 Å². The van der Waals surface area contributed by atoms with Crippen LogP contribution in [0.4, 0.5) is 5.69 Å². The number of nitrogens with two attached hydrogens (primary N) is 1. The van der Waals surface area contributed by atoms with Gasteiger partial charge in [-0.15, -0.1) is 0 Å². The lowest BCUT2D eigenvalue weighted by Gasteiger charge is -2.33. The van der Waals surface area contributed by atoms with Gasteiger partial charge >= 0.3 is 0 Å². The average molecular weight is 329 g/mol. The van der Waals surface area contributed by atoms with E-state index in [0.29, 0.717) is 24.4 Å². The van der Waals surface area contributed by atoms with E-state index in [-0.39, 0.29) is 24.2 Å². The van der Waals surface area contributed by atoms with Crippen molar-refractivity contribution in [2.75, 3.05) is 19.0 Å². The molecular weight excluding hydrogens is 310 g/mol. The Balaban J connectivity index is 1.85. The fourth-order valence-electron chi connectivity index (χ4n) is 2.68. The quantitative estimate of drug-likeness (QED) is 0.854. The number of aliphatic imine (C=N–C) groups is 1. The first-order valence-corrected chi connectivity index (χ1v) is 7.62. The number of hydrogen-bond acceptors (Lipinski definition) is 6. The van der Waals surface area contributed by atoms with Crippen LogP contribution in [0, 0.1) is 0 Å². The maximum absolute atomic E-state index is 12.1. The van der Waals surface area contributed by atoms with Crippen LogP contribution in [0.25, 0.3) is 0 Å². The minimum Gasteiger partial charge on any atom is -0.395 e. The summed E-state index contributed by atoms with van der Waals surface area (Å²) in [6.07, 6.45) is 0.701. The summed E-state index contributed by atoms with van der Waals surface area (Å²) in [6, 6.07) is 7.23. The molecular formula is C16H19N5O3. The number of oxime groups is 1. The highest BCUT2D eigenvalue weighted by Crippen LogP contribution is 2.34. The van der Waals surface area contributed by atoms with Crippen molar-refractivity contribution in [2.24, 2.45) is 15.9 Å². The van der Waals surface area contributed by atoms with Crippen LogP contribution in [0.5, 0.6) is 0 Å². The van der Waals surface area contributed by atoms with Crippen molar-refractivity contribution in [3.8, 4) is 0 Å².